The molecule has 40 heavy (non-hydrogen) atoms. The first-order valence-corrected chi connectivity index (χ1v) is 18.5. The molecule has 5 atom stereocenters. The fourth-order valence-corrected chi connectivity index (χ4v) is 8.16. The summed E-state index contributed by atoms with van der Waals surface area (Å²) in [6, 6.07) is 11.2. The number of benzene rings is 1. The molecule has 0 radical (unpaired) electrons. The van der Waals surface area contributed by atoms with Crippen LogP contribution in [0.1, 0.15) is 27.0 Å². The van der Waals surface area contributed by atoms with E-state index in [9.17, 15) is 4.57 Å². The molecule has 6 rings (SSSR count). The molecule has 212 valence electrons. The highest BCUT2D eigenvalue weighted by molar-refractivity contribution is 7.55. The third-order valence-corrected chi connectivity index (χ3v) is 14.5. The Balaban J connectivity index is 1.45. The van der Waals surface area contributed by atoms with E-state index in [2.05, 4.69) is 48.9 Å². The van der Waals surface area contributed by atoms with Crippen LogP contribution in [0.15, 0.2) is 53.5 Å². The van der Waals surface area contributed by atoms with Crippen LogP contribution < -0.4 is 10.8 Å². The number of para-hydroxylation sites is 1. The molecule has 0 spiro atoms. The van der Waals surface area contributed by atoms with E-state index in [0.717, 1.165) is 5.56 Å². The molecule has 5 heterocycles. The minimum absolute atomic E-state index is 0.0627. The van der Waals surface area contributed by atoms with Gasteiger partial charge in [-0.25, -0.2) is 19.5 Å². The summed E-state index contributed by atoms with van der Waals surface area (Å²) in [5.41, 5.74) is 8.75. The average molecular weight is 601 g/mol. The summed E-state index contributed by atoms with van der Waals surface area (Å²) in [4.78, 5) is 13.5. The molecule has 4 aromatic rings. The summed E-state index contributed by atoms with van der Waals surface area (Å²) < 4.78 is 41.5. The highest BCUT2D eigenvalue weighted by Gasteiger charge is 2.57. The van der Waals surface area contributed by atoms with Crippen molar-refractivity contribution in [1.29, 1.82) is 0 Å². The summed E-state index contributed by atoms with van der Waals surface area (Å²) in [6.07, 6.45) is -1.14. The molecule has 0 amide bonds. The van der Waals surface area contributed by atoms with Gasteiger partial charge in [-0.2, -0.15) is 11.3 Å². The molecule has 2 fully saturated rings. The Hall–Kier alpha value is -2.64. The molecule has 14 heteroatoms. The summed E-state index contributed by atoms with van der Waals surface area (Å²) in [7, 11) is -6.11. The molecule has 1 aromatic carbocycles. The smallest absolute Gasteiger partial charge is 0.407 e. The van der Waals surface area contributed by atoms with Gasteiger partial charge in [0.2, 0.25) is 0 Å². The number of nitrogen functional groups attached to an aromatic ring is 1. The third kappa shape index (κ3) is 4.89. The molecular weight excluding hydrogens is 567 g/mol. The number of imidazole rings is 1. The van der Waals surface area contributed by atoms with Gasteiger partial charge in [0.1, 0.15) is 30.5 Å². The standard InChI is InChI=1S/C26H33N6O5PSSi/c1-26(2,3)40(4,5)37-21-20-18(13-34-38(33,36-20)31-17-9-7-6-8-10-17)35-25(21)32-23(16-11-12-39-14-16)30-19-22(27)28-15-29-24(19)32/h6-12,14-15,18,20-21,25H,13H2,1-5H3,(H,31,33)(H2,27,28,29)/t18?,20?,21-,25+,38-/m0/s1. The number of ether oxygens (including phenoxy) is 1. The second kappa shape index (κ2) is 10.0. The predicted molar refractivity (Wildman–Crippen MR) is 158 cm³/mol. The molecule has 0 bridgehead atoms. The van der Waals surface area contributed by atoms with E-state index < -0.39 is 40.6 Å². The molecule has 2 unspecified atom stereocenters. The zero-order valence-electron chi connectivity index (χ0n) is 23.0. The van der Waals surface area contributed by atoms with Crippen LogP contribution in [0.25, 0.3) is 22.6 Å². The van der Waals surface area contributed by atoms with Gasteiger partial charge in [0.05, 0.1) is 6.61 Å². The van der Waals surface area contributed by atoms with Gasteiger partial charge in [0.15, 0.2) is 31.5 Å². The van der Waals surface area contributed by atoms with Crippen molar-refractivity contribution in [2.45, 2.75) is 63.4 Å². The van der Waals surface area contributed by atoms with Gasteiger partial charge in [-0.3, -0.25) is 18.7 Å². The summed E-state index contributed by atoms with van der Waals surface area (Å²) >= 11 is 1.56. The molecule has 0 aliphatic carbocycles. The number of fused-ring (bicyclic) bond motifs is 2. The van der Waals surface area contributed by atoms with Crippen LogP contribution in [0.5, 0.6) is 0 Å². The number of rotatable bonds is 6. The Morgan fingerprint density at radius 3 is 2.67 bits per heavy atom. The van der Waals surface area contributed by atoms with Gasteiger partial charge >= 0.3 is 7.75 Å². The molecular formula is C26H33N6O5PSSi. The first-order chi connectivity index (χ1) is 19.0. The Morgan fingerprint density at radius 1 is 1.20 bits per heavy atom. The van der Waals surface area contributed by atoms with E-state index in [1.165, 1.54) is 6.33 Å². The van der Waals surface area contributed by atoms with Crippen LogP contribution in [-0.2, 0) is 22.8 Å². The molecule has 2 aliphatic heterocycles. The number of aromatic nitrogens is 4. The van der Waals surface area contributed by atoms with Gasteiger partial charge in [0.25, 0.3) is 0 Å². The Labute approximate surface area is 237 Å². The zero-order chi connectivity index (χ0) is 28.3. The second-order valence-electron chi connectivity index (χ2n) is 11.5. The van der Waals surface area contributed by atoms with E-state index in [0.29, 0.717) is 22.7 Å². The molecule has 2 aliphatic rings. The number of nitrogens with zero attached hydrogens (tertiary/aromatic N) is 4. The maximum absolute atomic E-state index is 13.8. The van der Waals surface area contributed by atoms with Crippen molar-refractivity contribution in [3.8, 4) is 11.4 Å². The zero-order valence-corrected chi connectivity index (χ0v) is 25.7. The summed E-state index contributed by atoms with van der Waals surface area (Å²) in [5.74, 6) is 0.899. The van der Waals surface area contributed by atoms with Crippen LogP contribution in [-0.4, -0.2) is 52.8 Å². The molecule has 3 aromatic heterocycles. The minimum atomic E-state index is -3.73. The van der Waals surface area contributed by atoms with Gasteiger partial charge < -0.3 is 14.9 Å². The van der Waals surface area contributed by atoms with Gasteiger partial charge in [-0.05, 0) is 41.7 Å². The Morgan fingerprint density at radius 2 is 1.98 bits per heavy atom. The van der Waals surface area contributed by atoms with Crippen molar-refractivity contribution in [2.75, 3.05) is 17.4 Å². The maximum Gasteiger partial charge on any atom is 0.433 e. The minimum Gasteiger partial charge on any atom is -0.407 e. The number of thiophene rings is 1. The number of nitrogens with one attached hydrogen (secondary N) is 1. The number of anilines is 2. The molecule has 3 N–H and O–H groups in total. The first-order valence-electron chi connectivity index (χ1n) is 13.1. The van der Waals surface area contributed by atoms with E-state index in [1.54, 1.807) is 11.3 Å². The highest BCUT2D eigenvalue weighted by Crippen LogP contribution is 2.57. The fourth-order valence-electron chi connectivity index (χ4n) is 4.67. The van der Waals surface area contributed by atoms with Crippen molar-refractivity contribution < 1.29 is 22.8 Å². The monoisotopic (exact) mass is 600 g/mol. The number of hydrogen-bond donors (Lipinski definition) is 2. The molecule has 11 nitrogen and oxygen atoms in total. The largest absolute Gasteiger partial charge is 0.433 e. The van der Waals surface area contributed by atoms with Crippen LogP contribution in [0.4, 0.5) is 11.5 Å². The quantitative estimate of drug-likeness (QED) is 0.199. The van der Waals surface area contributed by atoms with Crippen molar-refractivity contribution >= 4 is 50.1 Å². The summed E-state index contributed by atoms with van der Waals surface area (Å²) in [6.45, 7) is 10.9. The number of nitrogens with two attached hydrogens (primary N) is 1. The molecule has 0 saturated carbocycles. The third-order valence-electron chi connectivity index (χ3n) is 7.77. The van der Waals surface area contributed by atoms with Crippen LogP contribution in [0.2, 0.25) is 18.1 Å². The van der Waals surface area contributed by atoms with E-state index >= 15 is 0 Å². The van der Waals surface area contributed by atoms with E-state index in [1.807, 2.05) is 51.7 Å². The normalized spacial score (nSPS) is 27.1. The van der Waals surface area contributed by atoms with E-state index in [4.69, 9.17) is 28.9 Å². The second-order valence-corrected chi connectivity index (χ2v) is 18.7. The van der Waals surface area contributed by atoms with Crippen molar-refractivity contribution in [1.82, 2.24) is 19.5 Å². The van der Waals surface area contributed by atoms with Crippen LogP contribution in [0.3, 0.4) is 0 Å². The Bertz CT molecular complexity index is 1560. The van der Waals surface area contributed by atoms with Gasteiger partial charge in [-0.15, -0.1) is 0 Å². The first kappa shape index (κ1) is 27.5. The van der Waals surface area contributed by atoms with Crippen molar-refractivity contribution in [2.24, 2.45) is 0 Å². The average Bonchev–Trinajstić information content (AvgIpc) is 3.62. The SMILES string of the molecule is CC(C)(C)[Si](C)(C)O[C@H]1C2O[P@](=O)(Nc3ccccc3)OCC2O[C@H]1n1c(-c2ccsc2)nc2c(N)ncnc21. The van der Waals surface area contributed by atoms with Crippen molar-refractivity contribution in [3.63, 3.8) is 0 Å². The lowest BCUT2D eigenvalue weighted by molar-refractivity contribution is -0.0569. The predicted octanol–water partition coefficient (Wildman–Crippen LogP) is 6.06. The topological polar surface area (TPSA) is 136 Å². The van der Waals surface area contributed by atoms with Gasteiger partial charge in [-0.1, -0.05) is 39.0 Å². The van der Waals surface area contributed by atoms with Crippen LogP contribution >= 0.6 is 19.1 Å². The van der Waals surface area contributed by atoms with Gasteiger partial charge in [0, 0.05) is 16.6 Å². The summed E-state index contributed by atoms with van der Waals surface area (Å²) in [5, 5.41) is 6.84. The lowest BCUT2D eigenvalue weighted by Gasteiger charge is -2.41. The maximum atomic E-state index is 13.8. The van der Waals surface area contributed by atoms with Crippen LogP contribution in [0, 0.1) is 0 Å². The fraction of sp³-hybridized carbons (Fsp3) is 0.423. The lowest BCUT2D eigenvalue weighted by Crippen LogP contribution is -2.50. The van der Waals surface area contributed by atoms with E-state index in [-0.39, 0.29) is 17.5 Å². The Kier molecular flexibility index (Phi) is 6.89. The highest BCUT2D eigenvalue weighted by atomic mass is 32.1. The lowest BCUT2D eigenvalue weighted by atomic mass is 10.1. The van der Waals surface area contributed by atoms with Crippen molar-refractivity contribution in [3.05, 3.63) is 53.5 Å². The number of hydrogen-bond acceptors (Lipinski definition) is 10. The molecule has 2 saturated heterocycles.